The monoisotopic (exact) mass is 327 g/mol. The van der Waals surface area contributed by atoms with Crippen molar-refractivity contribution in [3.8, 4) is 11.3 Å². The van der Waals surface area contributed by atoms with Gasteiger partial charge in [0.25, 0.3) is 0 Å². The minimum atomic E-state index is -0.0129. The van der Waals surface area contributed by atoms with Gasteiger partial charge in [0.2, 0.25) is 5.91 Å². The minimum Gasteiger partial charge on any atom is -0.355 e. The van der Waals surface area contributed by atoms with E-state index in [0.29, 0.717) is 6.04 Å². The first kappa shape index (κ1) is 14.8. The van der Waals surface area contributed by atoms with Crippen LogP contribution in [0.2, 0.25) is 0 Å². The number of thioether (sulfide) groups is 1. The number of benzene rings is 1. The predicted octanol–water partition coefficient (Wildman–Crippen LogP) is 3.65. The molecule has 2 aromatic rings. The minimum absolute atomic E-state index is 0.0129. The highest BCUT2D eigenvalue weighted by atomic mass is 32.2. The Bertz CT molecular complexity index is 694. The molecule has 1 saturated carbocycles. The van der Waals surface area contributed by atoms with Gasteiger partial charge < -0.3 is 9.88 Å². The fourth-order valence-corrected chi connectivity index (χ4v) is 4.29. The topological polar surface area (TPSA) is 46.9 Å². The summed E-state index contributed by atoms with van der Waals surface area (Å²) in [5.74, 6) is 0.166. The second-order valence-electron chi connectivity index (χ2n) is 6.29. The van der Waals surface area contributed by atoms with Gasteiger partial charge in [0.15, 0.2) is 5.16 Å². The molecule has 1 amide bonds. The van der Waals surface area contributed by atoms with Gasteiger partial charge in [-0.05, 0) is 31.2 Å². The molecule has 23 heavy (non-hydrogen) atoms. The smallest absolute Gasteiger partial charge is 0.233 e. The molecule has 1 aliphatic heterocycles. The lowest BCUT2D eigenvalue weighted by Gasteiger charge is -2.15. The first-order valence-electron chi connectivity index (χ1n) is 8.40. The van der Waals surface area contributed by atoms with E-state index in [2.05, 4.69) is 39.1 Å². The zero-order valence-electron chi connectivity index (χ0n) is 13.1. The zero-order chi connectivity index (χ0) is 15.6. The number of hydrogen-bond donors (Lipinski definition) is 1. The van der Waals surface area contributed by atoms with Crippen molar-refractivity contribution in [2.45, 2.75) is 48.6 Å². The molecule has 0 unspecified atom stereocenters. The van der Waals surface area contributed by atoms with Crippen LogP contribution in [0, 0.1) is 0 Å². The standard InChI is InChI=1S/C18H21N3OS/c22-17-16(8-4-5-11-19-17)23-18-20-12-15(21(18)14-9-10-14)13-6-2-1-3-7-13/h1-3,6-7,12,14,16H,4-5,8-11H2,(H,19,22)/t16-/m1/s1. The molecule has 0 spiro atoms. The van der Waals surface area contributed by atoms with Crippen molar-refractivity contribution >= 4 is 17.7 Å². The Morgan fingerprint density at radius 2 is 1.96 bits per heavy atom. The number of hydrogen-bond acceptors (Lipinski definition) is 3. The summed E-state index contributed by atoms with van der Waals surface area (Å²) in [5.41, 5.74) is 2.37. The van der Waals surface area contributed by atoms with Crippen LogP contribution in [0.25, 0.3) is 11.3 Å². The normalized spacial score (nSPS) is 21.7. The van der Waals surface area contributed by atoms with Crippen molar-refractivity contribution in [2.75, 3.05) is 6.54 Å². The van der Waals surface area contributed by atoms with E-state index in [1.54, 1.807) is 11.8 Å². The lowest BCUT2D eigenvalue weighted by Crippen LogP contribution is -2.30. The maximum Gasteiger partial charge on any atom is 0.233 e. The molecule has 4 rings (SSSR count). The van der Waals surface area contributed by atoms with Crippen molar-refractivity contribution < 1.29 is 4.79 Å². The Morgan fingerprint density at radius 1 is 1.13 bits per heavy atom. The van der Waals surface area contributed by atoms with E-state index < -0.39 is 0 Å². The molecule has 5 heteroatoms. The van der Waals surface area contributed by atoms with Gasteiger partial charge in [-0.3, -0.25) is 4.79 Å². The molecule has 4 nitrogen and oxygen atoms in total. The quantitative estimate of drug-likeness (QED) is 0.932. The van der Waals surface area contributed by atoms with E-state index in [1.807, 2.05) is 12.3 Å². The summed E-state index contributed by atoms with van der Waals surface area (Å²) in [6.07, 6.45) is 7.50. The number of nitrogens with one attached hydrogen (secondary N) is 1. The molecule has 1 aromatic heterocycles. The van der Waals surface area contributed by atoms with Crippen LogP contribution < -0.4 is 5.32 Å². The van der Waals surface area contributed by atoms with Crippen molar-refractivity contribution in [3.63, 3.8) is 0 Å². The van der Waals surface area contributed by atoms with E-state index in [-0.39, 0.29) is 11.2 Å². The van der Waals surface area contributed by atoms with E-state index in [1.165, 1.54) is 24.1 Å². The van der Waals surface area contributed by atoms with Crippen LogP contribution in [-0.2, 0) is 4.79 Å². The molecule has 1 N–H and O–H groups in total. The molecule has 2 aliphatic rings. The average Bonchev–Trinajstić information content (AvgIpc) is 3.36. The van der Waals surface area contributed by atoms with Gasteiger partial charge in [-0.2, -0.15) is 0 Å². The van der Waals surface area contributed by atoms with Crippen LogP contribution in [0.5, 0.6) is 0 Å². The van der Waals surface area contributed by atoms with Gasteiger partial charge in [0.1, 0.15) is 0 Å². The van der Waals surface area contributed by atoms with E-state index >= 15 is 0 Å². The summed E-state index contributed by atoms with van der Waals surface area (Å²) >= 11 is 1.64. The van der Waals surface area contributed by atoms with Crippen molar-refractivity contribution in [1.29, 1.82) is 0 Å². The highest BCUT2D eigenvalue weighted by Crippen LogP contribution is 2.43. The third-order valence-corrected chi connectivity index (χ3v) is 5.72. The van der Waals surface area contributed by atoms with Crippen LogP contribution in [0.15, 0.2) is 41.7 Å². The van der Waals surface area contributed by atoms with Crippen molar-refractivity contribution in [2.24, 2.45) is 0 Å². The summed E-state index contributed by atoms with van der Waals surface area (Å²) in [7, 11) is 0. The molecule has 120 valence electrons. The maximum absolute atomic E-state index is 12.2. The molecule has 1 atom stereocenters. The first-order chi connectivity index (χ1) is 11.3. The highest BCUT2D eigenvalue weighted by molar-refractivity contribution is 8.00. The summed E-state index contributed by atoms with van der Waals surface area (Å²) in [4.78, 5) is 16.9. The average molecular weight is 327 g/mol. The van der Waals surface area contributed by atoms with Gasteiger partial charge in [0, 0.05) is 12.6 Å². The number of aromatic nitrogens is 2. The number of rotatable bonds is 4. The largest absolute Gasteiger partial charge is 0.355 e. The zero-order valence-corrected chi connectivity index (χ0v) is 13.9. The van der Waals surface area contributed by atoms with Crippen LogP contribution >= 0.6 is 11.8 Å². The van der Waals surface area contributed by atoms with Gasteiger partial charge in [0.05, 0.1) is 17.1 Å². The fourth-order valence-electron chi connectivity index (χ4n) is 3.09. The second-order valence-corrected chi connectivity index (χ2v) is 7.46. The number of nitrogens with zero attached hydrogens (tertiary/aromatic N) is 2. The molecular weight excluding hydrogens is 306 g/mol. The molecule has 1 aliphatic carbocycles. The summed E-state index contributed by atoms with van der Waals surface area (Å²) in [5, 5.41) is 4.00. The molecule has 0 bridgehead atoms. The maximum atomic E-state index is 12.2. The Balaban J connectivity index is 1.64. The Morgan fingerprint density at radius 3 is 2.74 bits per heavy atom. The van der Waals surface area contributed by atoms with Crippen molar-refractivity contribution in [1.82, 2.24) is 14.9 Å². The third-order valence-electron chi connectivity index (χ3n) is 4.48. The van der Waals surface area contributed by atoms with Crippen LogP contribution in [0.3, 0.4) is 0 Å². The van der Waals surface area contributed by atoms with Gasteiger partial charge in [-0.15, -0.1) is 0 Å². The summed E-state index contributed by atoms with van der Waals surface area (Å²) in [6, 6.07) is 11.0. The van der Waals surface area contributed by atoms with Crippen LogP contribution in [0.4, 0.5) is 0 Å². The van der Waals surface area contributed by atoms with Gasteiger partial charge >= 0.3 is 0 Å². The molecule has 1 saturated heterocycles. The van der Waals surface area contributed by atoms with Gasteiger partial charge in [-0.1, -0.05) is 48.5 Å². The lowest BCUT2D eigenvalue weighted by molar-refractivity contribution is -0.120. The number of carbonyl (C=O) groups is 1. The molecule has 1 aromatic carbocycles. The molecule has 2 heterocycles. The lowest BCUT2D eigenvalue weighted by atomic mass is 10.2. The van der Waals surface area contributed by atoms with E-state index in [4.69, 9.17) is 0 Å². The number of imidazole rings is 1. The second kappa shape index (κ2) is 6.40. The highest BCUT2D eigenvalue weighted by Gasteiger charge is 2.31. The summed E-state index contributed by atoms with van der Waals surface area (Å²) in [6.45, 7) is 0.808. The third kappa shape index (κ3) is 3.15. The number of carbonyl (C=O) groups excluding carboxylic acids is 1. The predicted molar refractivity (Wildman–Crippen MR) is 92.4 cm³/mol. The van der Waals surface area contributed by atoms with E-state index in [0.717, 1.165) is 31.0 Å². The molecule has 0 radical (unpaired) electrons. The Hall–Kier alpha value is -1.75. The van der Waals surface area contributed by atoms with Crippen LogP contribution in [0.1, 0.15) is 38.1 Å². The number of amides is 1. The van der Waals surface area contributed by atoms with Crippen molar-refractivity contribution in [3.05, 3.63) is 36.5 Å². The SMILES string of the molecule is O=C1NCCCC[C@H]1Sc1ncc(-c2ccccc2)n1C1CC1. The Labute approximate surface area is 140 Å². The van der Waals surface area contributed by atoms with E-state index in [9.17, 15) is 4.79 Å². The Kier molecular flexibility index (Phi) is 4.12. The summed E-state index contributed by atoms with van der Waals surface area (Å²) < 4.78 is 2.35. The first-order valence-corrected chi connectivity index (χ1v) is 9.28. The fraction of sp³-hybridized carbons (Fsp3) is 0.444. The molecule has 2 fully saturated rings. The molecular formula is C18H21N3OS. The van der Waals surface area contributed by atoms with Crippen LogP contribution in [-0.4, -0.2) is 27.3 Å². The van der Waals surface area contributed by atoms with Gasteiger partial charge in [-0.25, -0.2) is 4.98 Å².